The summed E-state index contributed by atoms with van der Waals surface area (Å²) in [5.41, 5.74) is -0.296. The first-order valence-electron chi connectivity index (χ1n) is 6.95. The summed E-state index contributed by atoms with van der Waals surface area (Å²) in [6, 6.07) is -0.277. The van der Waals surface area contributed by atoms with Gasteiger partial charge in [-0.05, 0) is 33.1 Å². The van der Waals surface area contributed by atoms with Crippen LogP contribution in [0, 0.1) is 19.8 Å². The average molecular weight is 317 g/mol. The van der Waals surface area contributed by atoms with E-state index in [4.69, 9.17) is 4.42 Å². The molecule has 0 aliphatic heterocycles. The van der Waals surface area contributed by atoms with Crippen LogP contribution >= 0.6 is 0 Å². The van der Waals surface area contributed by atoms with E-state index in [1.807, 2.05) is 13.8 Å². The first kappa shape index (κ1) is 17.7. The number of hydrogen-bond donors (Lipinski definition) is 2. The van der Waals surface area contributed by atoms with Crippen LogP contribution in [-0.2, 0) is 10.0 Å². The molecule has 0 amide bonds. The molecule has 7 heteroatoms. The summed E-state index contributed by atoms with van der Waals surface area (Å²) in [5, 5.41) is 9.19. The number of rotatable bonds is 7. The predicted octanol–water partition coefficient (Wildman–Crippen LogP) is 2.70. The molecule has 6 nitrogen and oxygen atoms in total. The molecule has 1 aromatic heterocycles. The minimum absolute atomic E-state index is 0.0909. The Hall–Kier alpha value is -1.34. The van der Waals surface area contributed by atoms with E-state index in [0.29, 0.717) is 12.3 Å². The molecule has 0 saturated heterocycles. The van der Waals surface area contributed by atoms with Gasteiger partial charge in [0.1, 0.15) is 22.0 Å². The molecule has 0 radical (unpaired) electrons. The molecule has 1 aromatic rings. The van der Waals surface area contributed by atoms with E-state index in [9.17, 15) is 18.3 Å². The Morgan fingerprint density at radius 3 is 2.33 bits per heavy atom. The third-order valence-corrected chi connectivity index (χ3v) is 5.24. The number of hydrogen-bond acceptors (Lipinski definition) is 4. The molecule has 120 valence electrons. The molecular weight excluding hydrogens is 294 g/mol. The highest BCUT2D eigenvalue weighted by molar-refractivity contribution is 7.89. The highest BCUT2D eigenvalue weighted by Crippen LogP contribution is 2.27. The third kappa shape index (κ3) is 4.07. The summed E-state index contributed by atoms with van der Waals surface area (Å²) >= 11 is 0. The number of aromatic carboxylic acids is 1. The zero-order valence-electron chi connectivity index (χ0n) is 13.1. The molecule has 1 rings (SSSR count). The van der Waals surface area contributed by atoms with E-state index in [-0.39, 0.29) is 28.0 Å². The Bertz CT molecular complexity index is 618. The Labute approximate surface area is 125 Å². The molecule has 2 unspecified atom stereocenters. The third-order valence-electron chi connectivity index (χ3n) is 3.50. The van der Waals surface area contributed by atoms with Crippen LogP contribution in [0.2, 0.25) is 0 Å². The van der Waals surface area contributed by atoms with Gasteiger partial charge in [-0.2, -0.15) is 0 Å². The predicted molar refractivity (Wildman–Crippen MR) is 79.0 cm³/mol. The molecule has 0 aliphatic rings. The monoisotopic (exact) mass is 317 g/mol. The molecule has 2 atom stereocenters. The molecule has 2 N–H and O–H groups in total. The SMILES string of the molecule is CCC(C)CC(C)NS(=O)(=O)c1c(C)oc(C)c1C(=O)O. The number of aryl methyl sites for hydroxylation is 2. The van der Waals surface area contributed by atoms with Crippen molar-refractivity contribution in [3.05, 3.63) is 17.1 Å². The van der Waals surface area contributed by atoms with Gasteiger partial charge in [-0.25, -0.2) is 17.9 Å². The molecule has 0 aliphatic carbocycles. The first-order chi connectivity index (χ1) is 9.60. The number of carbonyl (C=O) groups is 1. The van der Waals surface area contributed by atoms with Gasteiger partial charge >= 0.3 is 5.97 Å². The maximum absolute atomic E-state index is 12.4. The van der Waals surface area contributed by atoms with Crippen molar-refractivity contribution in [2.24, 2.45) is 5.92 Å². The van der Waals surface area contributed by atoms with Crippen LogP contribution in [0.4, 0.5) is 0 Å². The minimum Gasteiger partial charge on any atom is -0.478 e. The molecule has 0 spiro atoms. The van der Waals surface area contributed by atoms with Crippen LogP contribution in [-0.4, -0.2) is 25.5 Å². The highest BCUT2D eigenvalue weighted by Gasteiger charge is 2.31. The van der Waals surface area contributed by atoms with E-state index in [1.54, 1.807) is 6.92 Å². The van der Waals surface area contributed by atoms with Gasteiger partial charge in [0.15, 0.2) is 0 Å². The van der Waals surface area contributed by atoms with Gasteiger partial charge in [0.2, 0.25) is 10.0 Å². The summed E-state index contributed by atoms with van der Waals surface area (Å²) in [6.45, 7) is 8.75. The Balaban J connectivity index is 3.12. The van der Waals surface area contributed by atoms with Crippen molar-refractivity contribution < 1.29 is 22.7 Å². The molecule has 21 heavy (non-hydrogen) atoms. The molecule has 0 fully saturated rings. The zero-order chi connectivity index (χ0) is 16.4. The molecule has 0 aromatic carbocycles. The lowest BCUT2D eigenvalue weighted by Gasteiger charge is -2.17. The van der Waals surface area contributed by atoms with Gasteiger partial charge in [0, 0.05) is 6.04 Å². The number of carboxylic acid groups (broad SMARTS) is 1. The number of nitrogens with one attached hydrogen (secondary N) is 1. The number of carboxylic acids is 1. The second kappa shape index (κ2) is 6.62. The zero-order valence-corrected chi connectivity index (χ0v) is 13.9. The summed E-state index contributed by atoms with van der Waals surface area (Å²) in [6.07, 6.45) is 1.64. The standard InChI is InChI=1S/C14H23NO5S/c1-6-8(2)7-9(3)15-21(18,19)13-11(5)20-10(4)12(13)14(16)17/h8-9,15H,6-7H2,1-5H3,(H,16,17). The lowest BCUT2D eigenvalue weighted by molar-refractivity contribution is 0.0691. The maximum atomic E-state index is 12.4. The Kier molecular flexibility index (Phi) is 5.58. The van der Waals surface area contributed by atoms with Gasteiger partial charge in [0.25, 0.3) is 0 Å². The van der Waals surface area contributed by atoms with Crippen molar-refractivity contribution >= 4 is 16.0 Å². The van der Waals surface area contributed by atoms with E-state index < -0.39 is 16.0 Å². The van der Waals surface area contributed by atoms with Crippen LogP contribution in [0.1, 0.15) is 55.5 Å². The second-order valence-electron chi connectivity index (χ2n) is 5.50. The van der Waals surface area contributed by atoms with E-state index in [0.717, 1.165) is 6.42 Å². The van der Waals surface area contributed by atoms with Gasteiger partial charge in [-0.1, -0.05) is 20.3 Å². The van der Waals surface area contributed by atoms with Crippen LogP contribution in [0.5, 0.6) is 0 Å². The van der Waals surface area contributed by atoms with Gasteiger partial charge in [-0.3, -0.25) is 0 Å². The van der Waals surface area contributed by atoms with Crippen molar-refractivity contribution in [2.75, 3.05) is 0 Å². The van der Waals surface area contributed by atoms with Crippen LogP contribution < -0.4 is 4.72 Å². The fraction of sp³-hybridized carbons (Fsp3) is 0.643. The Morgan fingerprint density at radius 1 is 1.29 bits per heavy atom. The average Bonchev–Trinajstić information content (AvgIpc) is 2.63. The number of sulfonamides is 1. The lowest BCUT2D eigenvalue weighted by atomic mass is 10.0. The fourth-order valence-electron chi connectivity index (χ4n) is 2.38. The van der Waals surface area contributed by atoms with Gasteiger partial charge < -0.3 is 9.52 Å². The van der Waals surface area contributed by atoms with Crippen LogP contribution in [0.25, 0.3) is 0 Å². The van der Waals surface area contributed by atoms with Crippen molar-refractivity contribution in [3.63, 3.8) is 0 Å². The second-order valence-corrected chi connectivity index (χ2v) is 7.15. The smallest absolute Gasteiger partial charge is 0.340 e. The van der Waals surface area contributed by atoms with E-state index >= 15 is 0 Å². The summed E-state index contributed by atoms with van der Waals surface area (Å²) in [7, 11) is -3.92. The molecule has 0 bridgehead atoms. The van der Waals surface area contributed by atoms with Crippen molar-refractivity contribution in [2.45, 2.75) is 58.4 Å². The normalized spacial score (nSPS) is 14.9. The van der Waals surface area contributed by atoms with E-state index in [1.165, 1.54) is 13.8 Å². The lowest BCUT2D eigenvalue weighted by Crippen LogP contribution is -2.34. The maximum Gasteiger partial charge on any atom is 0.340 e. The minimum atomic E-state index is -3.92. The van der Waals surface area contributed by atoms with Crippen LogP contribution in [0.15, 0.2) is 9.31 Å². The summed E-state index contributed by atoms with van der Waals surface area (Å²) in [4.78, 5) is 11.0. The van der Waals surface area contributed by atoms with Gasteiger partial charge in [-0.15, -0.1) is 0 Å². The van der Waals surface area contributed by atoms with Crippen LogP contribution in [0.3, 0.4) is 0 Å². The largest absolute Gasteiger partial charge is 0.478 e. The quantitative estimate of drug-likeness (QED) is 0.806. The summed E-state index contributed by atoms with van der Waals surface area (Å²) in [5.74, 6) is -0.740. The first-order valence-corrected chi connectivity index (χ1v) is 8.44. The highest BCUT2D eigenvalue weighted by atomic mass is 32.2. The number of furan rings is 1. The van der Waals surface area contributed by atoms with Crippen molar-refractivity contribution in [3.8, 4) is 0 Å². The van der Waals surface area contributed by atoms with Crippen molar-refractivity contribution in [1.29, 1.82) is 0 Å². The topological polar surface area (TPSA) is 96.6 Å². The molecular formula is C14H23NO5S. The van der Waals surface area contributed by atoms with Crippen molar-refractivity contribution in [1.82, 2.24) is 4.72 Å². The molecule has 0 saturated carbocycles. The van der Waals surface area contributed by atoms with Gasteiger partial charge in [0.05, 0.1) is 0 Å². The molecule has 1 heterocycles. The fourth-order valence-corrected chi connectivity index (χ4v) is 4.04. The Morgan fingerprint density at radius 2 is 1.86 bits per heavy atom. The summed E-state index contributed by atoms with van der Waals surface area (Å²) < 4.78 is 32.6. The van der Waals surface area contributed by atoms with E-state index in [2.05, 4.69) is 4.72 Å².